The second-order valence-electron chi connectivity index (χ2n) is 4.71. The number of aromatic nitrogens is 3. The van der Waals surface area contributed by atoms with E-state index in [9.17, 15) is 0 Å². The van der Waals surface area contributed by atoms with E-state index >= 15 is 0 Å². The van der Waals surface area contributed by atoms with Gasteiger partial charge in [0.15, 0.2) is 0 Å². The Labute approximate surface area is 113 Å². The van der Waals surface area contributed by atoms with E-state index < -0.39 is 0 Å². The van der Waals surface area contributed by atoms with Crippen molar-refractivity contribution in [3.63, 3.8) is 0 Å². The van der Waals surface area contributed by atoms with Crippen LogP contribution in [0.15, 0.2) is 36.7 Å². The number of pyridine rings is 1. The minimum Gasteiger partial charge on any atom is -0.364 e. The largest absolute Gasteiger partial charge is 0.364 e. The maximum absolute atomic E-state index is 4.40. The molecule has 0 radical (unpaired) electrons. The highest BCUT2D eigenvalue weighted by atomic mass is 15.1. The van der Waals surface area contributed by atoms with Gasteiger partial charge in [0.1, 0.15) is 5.82 Å². The Bertz CT molecular complexity index is 498. The number of hydrogen-bond acceptors (Lipinski definition) is 5. The summed E-state index contributed by atoms with van der Waals surface area (Å²) in [4.78, 5) is 12.8. The lowest BCUT2D eigenvalue weighted by atomic mass is 10.2. The lowest BCUT2D eigenvalue weighted by molar-refractivity contribution is 0.684. The van der Waals surface area contributed by atoms with E-state index in [1.54, 1.807) is 12.4 Å². The van der Waals surface area contributed by atoms with Gasteiger partial charge in [0, 0.05) is 18.9 Å². The molecular formula is C14H19N5. The van der Waals surface area contributed by atoms with Gasteiger partial charge in [-0.2, -0.15) is 4.98 Å². The molecule has 2 heterocycles. The summed E-state index contributed by atoms with van der Waals surface area (Å²) in [7, 11) is 0. The second-order valence-corrected chi connectivity index (χ2v) is 4.71. The van der Waals surface area contributed by atoms with Crippen LogP contribution in [0.25, 0.3) is 0 Å². The topological polar surface area (TPSA) is 62.7 Å². The average molecular weight is 257 g/mol. The van der Waals surface area contributed by atoms with Crippen molar-refractivity contribution in [3.8, 4) is 0 Å². The molecule has 2 rings (SSSR count). The molecule has 5 nitrogen and oxygen atoms in total. The summed E-state index contributed by atoms with van der Waals surface area (Å²) >= 11 is 0. The van der Waals surface area contributed by atoms with Crippen LogP contribution in [0.5, 0.6) is 0 Å². The van der Waals surface area contributed by atoms with Crippen LogP contribution >= 0.6 is 0 Å². The van der Waals surface area contributed by atoms with Gasteiger partial charge in [0.25, 0.3) is 0 Å². The molecule has 0 bridgehead atoms. The Morgan fingerprint density at radius 3 is 2.68 bits per heavy atom. The van der Waals surface area contributed by atoms with Gasteiger partial charge in [-0.05, 0) is 24.1 Å². The fourth-order valence-corrected chi connectivity index (χ4v) is 1.52. The molecule has 19 heavy (non-hydrogen) atoms. The van der Waals surface area contributed by atoms with Gasteiger partial charge in [-0.3, -0.25) is 4.98 Å². The summed E-state index contributed by atoms with van der Waals surface area (Å²) in [5.74, 6) is 2.01. The molecule has 0 unspecified atom stereocenters. The molecule has 0 aliphatic carbocycles. The Morgan fingerprint density at radius 2 is 1.95 bits per heavy atom. The van der Waals surface area contributed by atoms with Crippen molar-refractivity contribution >= 4 is 11.8 Å². The van der Waals surface area contributed by atoms with E-state index in [4.69, 9.17) is 0 Å². The molecule has 2 aromatic rings. The Morgan fingerprint density at radius 1 is 1.05 bits per heavy atom. The van der Waals surface area contributed by atoms with Crippen LogP contribution in [-0.4, -0.2) is 21.5 Å². The standard InChI is InChI=1S/C14H19N5/c1-11(2)9-18-14-16-8-6-13(19-14)17-10-12-5-3-4-7-15-12/h3-8,11H,9-10H2,1-2H3,(H2,16,17,18,19). The van der Waals surface area contributed by atoms with Crippen LogP contribution in [0.3, 0.4) is 0 Å². The molecule has 5 heteroatoms. The summed E-state index contributed by atoms with van der Waals surface area (Å²) in [6.45, 7) is 5.82. The molecule has 0 spiro atoms. The molecule has 0 amide bonds. The van der Waals surface area contributed by atoms with Crippen LogP contribution in [0, 0.1) is 5.92 Å². The van der Waals surface area contributed by atoms with Gasteiger partial charge < -0.3 is 10.6 Å². The quantitative estimate of drug-likeness (QED) is 0.832. The van der Waals surface area contributed by atoms with Crippen LogP contribution < -0.4 is 10.6 Å². The molecule has 2 aromatic heterocycles. The highest BCUT2D eigenvalue weighted by molar-refractivity contribution is 5.39. The van der Waals surface area contributed by atoms with Crippen molar-refractivity contribution in [2.45, 2.75) is 20.4 Å². The molecule has 0 aromatic carbocycles. The van der Waals surface area contributed by atoms with Gasteiger partial charge in [-0.25, -0.2) is 4.98 Å². The molecule has 0 saturated carbocycles. The number of nitrogens with zero attached hydrogens (tertiary/aromatic N) is 3. The number of rotatable bonds is 6. The first-order valence-electron chi connectivity index (χ1n) is 6.45. The van der Waals surface area contributed by atoms with Crippen LogP contribution in [-0.2, 0) is 6.54 Å². The lowest BCUT2D eigenvalue weighted by Crippen LogP contribution is -2.11. The van der Waals surface area contributed by atoms with E-state index in [1.165, 1.54) is 0 Å². The Hall–Kier alpha value is -2.17. The molecule has 100 valence electrons. The fourth-order valence-electron chi connectivity index (χ4n) is 1.52. The Kier molecular flexibility index (Phi) is 4.66. The van der Waals surface area contributed by atoms with Crippen LogP contribution in [0.1, 0.15) is 19.5 Å². The second kappa shape index (κ2) is 6.68. The maximum Gasteiger partial charge on any atom is 0.224 e. The summed E-state index contributed by atoms with van der Waals surface area (Å²) in [6, 6.07) is 7.71. The van der Waals surface area contributed by atoms with Crippen molar-refractivity contribution in [2.75, 3.05) is 17.2 Å². The zero-order chi connectivity index (χ0) is 13.5. The summed E-state index contributed by atoms with van der Waals surface area (Å²) < 4.78 is 0. The molecule has 0 atom stereocenters. The van der Waals surface area contributed by atoms with Gasteiger partial charge in [0.2, 0.25) is 5.95 Å². The van der Waals surface area contributed by atoms with Crippen molar-refractivity contribution in [3.05, 3.63) is 42.4 Å². The first kappa shape index (κ1) is 13.3. The third-order valence-corrected chi connectivity index (χ3v) is 2.50. The smallest absolute Gasteiger partial charge is 0.224 e. The zero-order valence-electron chi connectivity index (χ0n) is 11.3. The highest BCUT2D eigenvalue weighted by Crippen LogP contribution is 2.07. The molecule has 0 saturated heterocycles. The van der Waals surface area contributed by atoms with Crippen molar-refractivity contribution in [1.82, 2.24) is 15.0 Å². The van der Waals surface area contributed by atoms with E-state index in [0.717, 1.165) is 18.1 Å². The third kappa shape index (κ3) is 4.54. The number of hydrogen-bond donors (Lipinski definition) is 2. The van der Waals surface area contributed by atoms with Crippen molar-refractivity contribution in [2.24, 2.45) is 5.92 Å². The van der Waals surface area contributed by atoms with E-state index in [2.05, 4.69) is 39.4 Å². The average Bonchev–Trinajstić information content (AvgIpc) is 2.44. The number of nitrogens with one attached hydrogen (secondary N) is 2. The Balaban J connectivity index is 1.91. The van der Waals surface area contributed by atoms with E-state index in [-0.39, 0.29) is 0 Å². The molecular weight excluding hydrogens is 238 g/mol. The lowest BCUT2D eigenvalue weighted by Gasteiger charge is -2.09. The van der Waals surface area contributed by atoms with E-state index in [0.29, 0.717) is 18.4 Å². The zero-order valence-corrected chi connectivity index (χ0v) is 11.3. The minimum absolute atomic E-state index is 0.564. The SMILES string of the molecule is CC(C)CNc1nccc(NCc2ccccn2)n1. The predicted molar refractivity (Wildman–Crippen MR) is 76.9 cm³/mol. The molecule has 0 aliphatic rings. The number of anilines is 2. The monoisotopic (exact) mass is 257 g/mol. The van der Waals surface area contributed by atoms with Crippen LogP contribution in [0.2, 0.25) is 0 Å². The predicted octanol–water partition coefficient (Wildman–Crippen LogP) is 2.55. The third-order valence-electron chi connectivity index (χ3n) is 2.50. The van der Waals surface area contributed by atoms with Crippen molar-refractivity contribution < 1.29 is 0 Å². The highest BCUT2D eigenvalue weighted by Gasteiger charge is 2.00. The van der Waals surface area contributed by atoms with Gasteiger partial charge >= 0.3 is 0 Å². The van der Waals surface area contributed by atoms with Crippen molar-refractivity contribution in [1.29, 1.82) is 0 Å². The normalized spacial score (nSPS) is 10.5. The summed E-state index contributed by atoms with van der Waals surface area (Å²) in [6.07, 6.45) is 3.53. The van der Waals surface area contributed by atoms with E-state index in [1.807, 2.05) is 24.3 Å². The summed E-state index contributed by atoms with van der Waals surface area (Å²) in [5, 5.41) is 6.44. The first-order chi connectivity index (χ1) is 9.24. The van der Waals surface area contributed by atoms with Crippen LogP contribution in [0.4, 0.5) is 11.8 Å². The molecule has 0 fully saturated rings. The summed E-state index contributed by atoms with van der Waals surface area (Å²) in [5.41, 5.74) is 0.984. The molecule has 2 N–H and O–H groups in total. The van der Waals surface area contributed by atoms with Gasteiger partial charge in [0.05, 0.1) is 12.2 Å². The van der Waals surface area contributed by atoms with Gasteiger partial charge in [-0.1, -0.05) is 19.9 Å². The first-order valence-corrected chi connectivity index (χ1v) is 6.45. The maximum atomic E-state index is 4.40. The molecule has 0 aliphatic heterocycles. The minimum atomic E-state index is 0.564. The fraction of sp³-hybridized carbons (Fsp3) is 0.357. The van der Waals surface area contributed by atoms with Gasteiger partial charge in [-0.15, -0.1) is 0 Å².